The van der Waals surface area contributed by atoms with Gasteiger partial charge in [0.25, 0.3) is 0 Å². The van der Waals surface area contributed by atoms with Gasteiger partial charge >= 0.3 is 0 Å². The predicted octanol–water partition coefficient (Wildman–Crippen LogP) is -1.99. The van der Waals surface area contributed by atoms with Crippen LogP contribution in [0.3, 0.4) is 0 Å². The number of halogens is 2. The van der Waals surface area contributed by atoms with E-state index >= 15 is 0 Å². The van der Waals surface area contributed by atoms with Gasteiger partial charge in [-0.2, -0.15) is 6.08 Å². The molecule has 0 amide bonds. The summed E-state index contributed by atoms with van der Waals surface area (Å²) in [4.78, 5) is 0. The minimum atomic E-state index is 0. The van der Waals surface area contributed by atoms with Gasteiger partial charge in [-0.15, -0.1) is 6.42 Å². The molecule has 0 heterocycles. The minimum Gasteiger partial charge on any atom is -1.00 e. The first-order valence-corrected chi connectivity index (χ1v) is 6.04. The van der Waals surface area contributed by atoms with Crippen LogP contribution in [0.1, 0.15) is 32.8 Å². The maximum atomic E-state index is 9.41. The number of rotatable bonds is 1. The number of hydrogen-bond donors (Lipinski definition) is 1. The average Bonchev–Trinajstić information content (AvgIpc) is 2.85. The summed E-state index contributed by atoms with van der Waals surface area (Å²) in [5.74, 6) is 0.953. The molecule has 0 unspecified atom stereocenters. The van der Waals surface area contributed by atoms with Gasteiger partial charge in [0, 0.05) is 27.8 Å². The van der Waals surface area contributed by atoms with Crippen LogP contribution < -0.4 is 29.6 Å². The fraction of sp³-hybridized carbons (Fsp3) is 0.375. The van der Waals surface area contributed by atoms with Crippen LogP contribution in [0, 0.1) is 6.08 Å². The Morgan fingerprint density at radius 3 is 2.10 bits per heavy atom. The Labute approximate surface area is 155 Å². The summed E-state index contributed by atoms with van der Waals surface area (Å²) in [5, 5.41) is 9.41. The quantitative estimate of drug-likeness (QED) is 0.462. The topological polar surface area (TPSA) is 29.5 Å². The first-order valence-electron chi connectivity index (χ1n) is 6.04. The Morgan fingerprint density at radius 2 is 1.76 bits per heavy atom. The largest absolute Gasteiger partial charge is 1.00 e. The van der Waals surface area contributed by atoms with E-state index in [1.54, 1.807) is 19.2 Å². The van der Waals surface area contributed by atoms with Crippen LogP contribution in [0.5, 0.6) is 11.5 Å². The fourth-order valence-electron chi connectivity index (χ4n) is 1.47. The number of hydrogen-bond acceptors (Lipinski definition) is 2. The number of benzene rings is 1. The monoisotopic (exact) mass is 363 g/mol. The molecule has 1 aromatic rings. The summed E-state index contributed by atoms with van der Waals surface area (Å²) in [5.41, 5.74) is 1.11. The van der Waals surface area contributed by atoms with Crippen molar-refractivity contribution in [2.45, 2.75) is 32.6 Å². The number of methoxy groups -OCH3 is 1. The summed E-state index contributed by atoms with van der Waals surface area (Å²) in [7, 11) is 1.60. The molecule has 0 bridgehead atoms. The van der Waals surface area contributed by atoms with Gasteiger partial charge in [0.05, 0.1) is 7.11 Å². The summed E-state index contributed by atoms with van der Waals surface area (Å²) >= 11 is 0. The van der Waals surface area contributed by atoms with Crippen molar-refractivity contribution in [2.75, 3.05) is 7.11 Å². The third-order valence-corrected chi connectivity index (χ3v) is 2.58. The second-order valence-corrected chi connectivity index (χ2v) is 5.17. The molecule has 0 atom stereocenters. The van der Waals surface area contributed by atoms with Crippen LogP contribution in [-0.2, 0) is 27.1 Å². The van der Waals surface area contributed by atoms with Crippen molar-refractivity contribution in [3.05, 3.63) is 48.1 Å². The zero-order valence-corrected chi connectivity index (χ0v) is 15.9. The van der Waals surface area contributed by atoms with Crippen molar-refractivity contribution in [3.63, 3.8) is 0 Å². The molecule has 0 aromatic heterocycles. The van der Waals surface area contributed by atoms with Crippen LogP contribution in [0.4, 0.5) is 0 Å². The van der Waals surface area contributed by atoms with Crippen molar-refractivity contribution in [2.24, 2.45) is 0 Å². The number of ether oxygens (including phenoxy) is 1. The van der Waals surface area contributed by atoms with Gasteiger partial charge in [-0.3, -0.25) is 6.08 Å². The molecule has 0 saturated carbocycles. The zero-order valence-electron chi connectivity index (χ0n) is 12.8. The van der Waals surface area contributed by atoms with E-state index < -0.39 is 0 Å². The van der Waals surface area contributed by atoms with Crippen LogP contribution in [-0.4, -0.2) is 12.2 Å². The van der Waals surface area contributed by atoms with Crippen LogP contribution in [0.2, 0.25) is 0 Å². The second-order valence-electron chi connectivity index (χ2n) is 5.17. The maximum Gasteiger partial charge on any atom is 0.122 e. The summed E-state index contributed by atoms with van der Waals surface area (Å²) in [6.45, 7) is 6.30. The second kappa shape index (κ2) is 12.2. The number of phenols is 1. The molecule has 2 nitrogen and oxygen atoms in total. The molecule has 1 aliphatic rings. The molecule has 0 saturated heterocycles. The number of allylic oxidation sites excluding steroid dienone is 4. The molecular formula is C16H21Cl2O2Ti-3. The van der Waals surface area contributed by atoms with E-state index in [2.05, 4.69) is 32.9 Å². The van der Waals surface area contributed by atoms with Gasteiger partial charge in [-0.25, -0.2) is 12.2 Å². The van der Waals surface area contributed by atoms with E-state index in [9.17, 15) is 5.11 Å². The molecular weight excluding hydrogens is 343 g/mol. The van der Waals surface area contributed by atoms with Gasteiger partial charge in [0.2, 0.25) is 0 Å². The first-order chi connectivity index (χ1) is 8.43. The van der Waals surface area contributed by atoms with E-state index in [0.717, 1.165) is 12.0 Å². The predicted molar refractivity (Wildman–Crippen MR) is 74.9 cm³/mol. The zero-order chi connectivity index (χ0) is 13.6. The molecule has 21 heavy (non-hydrogen) atoms. The molecule has 5 heteroatoms. The van der Waals surface area contributed by atoms with Gasteiger partial charge in [0.1, 0.15) is 11.5 Å². The Morgan fingerprint density at radius 1 is 1.14 bits per heavy atom. The summed E-state index contributed by atoms with van der Waals surface area (Å²) in [6, 6.07) is 5.32. The number of phenolic OH excluding ortho intramolecular Hbond substituents is 1. The van der Waals surface area contributed by atoms with Gasteiger partial charge in [-0.05, 0) is 23.1 Å². The SMILES string of the molecule is COc1cc(O)cc(C(C)(C)C)c1.[C-]1=CC=CC1.[Cl-].[Cl-].[Ti]. The molecule has 0 fully saturated rings. The fourth-order valence-corrected chi connectivity index (χ4v) is 1.47. The van der Waals surface area contributed by atoms with Crippen molar-refractivity contribution in [1.29, 1.82) is 0 Å². The third kappa shape index (κ3) is 10.0. The molecule has 0 aliphatic heterocycles. The van der Waals surface area contributed by atoms with E-state index in [0.29, 0.717) is 5.75 Å². The Bertz CT molecular complexity index is 442. The van der Waals surface area contributed by atoms with E-state index in [-0.39, 0.29) is 57.7 Å². The van der Waals surface area contributed by atoms with Gasteiger partial charge < -0.3 is 34.7 Å². The van der Waals surface area contributed by atoms with Crippen LogP contribution in [0.25, 0.3) is 0 Å². The summed E-state index contributed by atoms with van der Waals surface area (Å²) in [6.07, 6.45) is 10.0. The van der Waals surface area contributed by atoms with Gasteiger partial charge in [0.15, 0.2) is 0 Å². The normalized spacial score (nSPS) is 11.2. The Balaban J connectivity index is -0.000000349. The molecule has 0 spiro atoms. The molecule has 118 valence electrons. The van der Waals surface area contributed by atoms with E-state index in [1.165, 1.54) is 0 Å². The molecule has 2 rings (SSSR count). The molecule has 1 N–H and O–H groups in total. The maximum absolute atomic E-state index is 9.41. The Kier molecular flexibility index (Phi) is 14.8. The molecule has 0 radical (unpaired) electrons. The van der Waals surface area contributed by atoms with Crippen molar-refractivity contribution >= 4 is 0 Å². The smallest absolute Gasteiger partial charge is 0.122 e. The summed E-state index contributed by atoms with van der Waals surface area (Å²) < 4.78 is 5.07. The van der Waals surface area contributed by atoms with Crippen LogP contribution in [0.15, 0.2) is 36.4 Å². The standard InChI is InChI=1S/C11H16O2.C5H5.2ClH.Ti/c1-11(2,3)8-5-9(12)7-10(6-8)13-4;1-2-4-5-3-1;;;/h5-7,12H,1-4H3;1-3H,4H2;2*1H;/q;-1;;;/p-2. The van der Waals surface area contributed by atoms with Gasteiger partial charge in [-0.1, -0.05) is 20.8 Å². The molecule has 1 aliphatic carbocycles. The average molecular weight is 364 g/mol. The molecule has 1 aromatic carbocycles. The first kappa shape index (κ1) is 25.5. The number of aromatic hydroxyl groups is 1. The van der Waals surface area contributed by atoms with Crippen LogP contribution >= 0.6 is 0 Å². The van der Waals surface area contributed by atoms with E-state index in [4.69, 9.17) is 4.74 Å². The minimum absolute atomic E-state index is 0. The third-order valence-electron chi connectivity index (χ3n) is 2.58. The van der Waals surface area contributed by atoms with Crippen molar-refractivity contribution < 1.29 is 56.4 Å². The van der Waals surface area contributed by atoms with Crippen molar-refractivity contribution in [1.82, 2.24) is 0 Å². The Hall–Kier alpha value is -0.406. The van der Waals surface area contributed by atoms with Crippen molar-refractivity contribution in [3.8, 4) is 11.5 Å². The van der Waals surface area contributed by atoms with E-state index in [1.807, 2.05) is 18.2 Å².